The van der Waals surface area contributed by atoms with Crippen LogP contribution in [-0.2, 0) is 4.79 Å². The number of likely N-dealkylation sites (tertiary alicyclic amines) is 1. The van der Waals surface area contributed by atoms with Gasteiger partial charge in [-0.3, -0.25) is 4.79 Å². The Kier molecular flexibility index (Phi) is 5.40. The van der Waals surface area contributed by atoms with Crippen molar-refractivity contribution in [3.05, 3.63) is 0 Å². The normalized spacial score (nSPS) is 21.5. The second-order valence-corrected chi connectivity index (χ2v) is 4.93. The number of aliphatic carboxylic acids is 1. The van der Waals surface area contributed by atoms with E-state index in [1.165, 1.54) is 4.90 Å². The lowest BCUT2D eigenvalue weighted by Gasteiger charge is -2.37. The fraction of sp³-hybridized carbons (Fsp3) is 0.833. The van der Waals surface area contributed by atoms with E-state index in [1.54, 1.807) is 18.9 Å². The lowest BCUT2D eigenvalue weighted by atomic mass is 10.0. The predicted octanol–water partition coefficient (Wildman–Crippen LogP) is 0.606. The molecule has 1 aliphatic heterocycles. The standard InChI is InChI=1S/C12H22N2O4/c1-9(11(16)17)7-13(2)12(18)14-6-4-3-5-10(14)8-15/h9-10,15H,3-8H2,1-2H3,(H,16,17). The Morgan fingerprint density at radius 2 is 2.11 bits per heavy atom. The lowest BCUT2D eigenvalue weighted by molar-refractivity contribution is -0.141. The van der Waals surface area contributed by atoms with E-state index >= 15 is 0 Å². The van der Waals surface area contributed by atoms with Crippen LogP contribution in [0.3, 0.4) is 0 Å². The van der Waals surface area contributed by atoms with Gasteiger partial charge in [-0.2, -0.15) is 0 Å². The molecule has 1 saturated heterocycles. The van der Waals surface area contributed by atoms with Gasteiger partial charge in [-0.1, -0.05) is 6.92 Å². The molecule has 18 heavy (non-hydrogen) atoms. The number of piperidine rings is 1. The SMILES string of the molecule is CC(CN(C)C(=O)N1CCCCC1CO)C(=O)O. The van der Waals surface area contributed by atoms with Crippen molar-refractivity contribution < 1.29 is 19.8 Å². The van der Waals surface area contributed by atoms with Crippen molar-refractivity contribution in [2.75, 3.05) is 26.7 Å². The second kappa shape index (κ2) is 6.58. The molecule has 2 unspecified atom stereocenters. The first-order valence-corrected chi connectivity index (χ1v) is 6.32. The van der Waals surface area contributed by atoms with Gasteiger partial charge in [0.05, 0.1) is 18.6 Å². The number of rotatable bonds is 4. The summed E-state index contributed by atoms with van der Waals surface area (Å²) < 4.78 is 0. The Labute approximate surface area is 107 Å². The van der Waals surface area contributed by atoms with Crippen molar-refractivity contribution in [1.29, 1.82) is 0 Å². The van der Waals surface area contributed by atoms with Crippen molar-refractivity contribution in [1.82, 2.24) is 9.80 Å². The van der Waals surface area contributed by atoms with Crippen LogP contribution in [0.5, 0.6) is 0 Å². The molecule has 0 aromatic carbocycles. The summed E-state index contributed by atoms with van der Waals surface area (Å²) in [6, 6.07) is -0.323. The maximum atomic E-state index is 12.2. The van der Waals surface area contributed by atoms with Gasteiger partial charge in [0.1, 0.15) is 0 Å². The maximum absolute atomic E-state index is 12.2. The average molecular weight is 258 g/mol. The van der Waals surface area contributed by atoms with Gasteiger partial charge in [0.2, 0.25) is 0 Å². The summed E-state index contributed by atoms with van der Waals surface area (Å²) in [5.41, 5.74) is 0. The molecular formula is C12H22N2O4. The third-order valence-electron chi connectivity index (χ3n) is 3.38. The highest BCUT2D eigenvalue weighted by molar-refractivity contribution is 5.76. The van der Waals surface area contributed by atoms with E-state index in [-0.39, 0.29) is 25.2 Å². The summed E-state index contributed by atoms with van der Waals surface area (Å²) in [6.45, 7) is 2.36. The quantitative estimate of drug-likeness (QED) is 0.774. The van der Waals surface area contributed by atoms with E-state index in [9.17, 15) is 14.7 Å². The van der Waals surface area contributed by atoms with Crippen molar-refractivity contribution in [2.24, 2.45) is 5.92 Å². The molecule has 0 aromatic rings. The largest absolute Gasteiger partial charge is 0.481 e. The minimum Gasteiger partial charge on any atom is -0.481 e. The van der Waals surface area contributed by atoms with Gasteiger partial charge in [-0.25, -0.2) is 4.79 Å². The molecule has 1 fully saturated rings. The molecule has 0 spiro atoms. The van der Waals surface area contributed by atoms with Crippen LogP contribution >= 0.6 is 0 Å². The number of hydrogen-bond acceptors (Lipinski definition) is 3. The summed E-state index contributed by atoms with van der Waals surface area (Å²) in [5.74, 6) is -1.50. The van der Waals surface area contributed by atoms with Gasteiger partial charge in [0.15, 0.2) is 0 Å². The molecule has 1 heterocycles. The van der Waals surface area contributed by atoms with E-state index in [4.69, 9.17) is 5.11 Å². The molecule has 2 amide bonds. The molecule has 1 rings (SSSR count). The molecule has 1 aliphatic rings. The molecule has 104 valence electrons. The van der Waals surface area contributed by atoms with Crippen molar-refractivity contribution in [2.45, 2.75) is 32.2 Å². The summed E-state index contributed by atoms with van der Waals surface area (Å²) in [6.07, 6.45) is 2.76. The number of nitrogens with zero attached hydrogens (tertiary/aromatic N) is 2. The van der Waals surface area contributed by atoms with Crippen LogP contribution in [0.15, 0.2) is 0 Å². The first kappa shape index (κ1) is 14.8. The number of amides is 2. The third kappa shape index (κ3) is 3.60. The summed E-state index contributed by atoms with van der Waals surface area (Å²) in [5, 5.41) is 18.1. The van der Waals surface area contributed by atoms with E-state index in [0.717, 1.165) is 19.3 Å². The topological polar surface area (TPSA) is 81.1 Å². The van der Waals surface area contributed by atoms with E-state index in [2.05, 4.69) is 0 Å². The smallest absolute Gasteiger partial charge is 0.320 e. The minimum atomic E-state index is -0.910. The molecule has 0 aliphatic carbocycles. The number of carbonyl (C=O) groups excluding carboxylic acids is 1. The van der Waals surface area contributed by atoms with E-state index in [0.29, 0.717) is 6.54 Å². The van der Waals surface area contributed by atoms with E-state index < -0.39 is 11.9 Å². The molecular weight excluding hydrogens is 236 g/mol. The number of aliphatic hydroxyl groups is 1. The number of carbonyl (C=O) groups is 2. The second-order valence-electron chi connectivity index (χ2n) is 4.93. The van der Waals surface area contributed by atoms with Gasteiger partial charge in [-0.05, 0) is 19.3 Å². The zero-order chi connectivity index (χ0) is 13.7. The molecule has 0 radical (unpaired) electrons. The first-order chi connectivity index (χ1) is 8.47. The number of carboxylic acids is 1. The molecule has 0 bridgehead atoms. The molecule has 6 heteroatoms. The van der Waals surface area contributed by atoms with Crippen LogP contribution in [-0.4, -0.2) is 64.8 Å². The number of aliphatic hydroxyl groups excluding tert-OH is 1. The predicted molar refractivity (Wildman–Crippen MR) is 66.3 cm³/mol. The lowest BCUT2D eigenvalue weighted by Crippen LogP contribution is -2.51. The van der Waals surface area contributed by atoms with Gasteiger partial charge < -0.3 is 20.0 Å². The number of hydrogen-bond donors (Lipinski definition) is 2. The zero-order valence-electron chi connectivity index (χ0n) is 11.0. The van der Waals surface area contributed by atoms with Crippen LogP contribution in [0.1, 0.15) is 26.2 Å². The average Bonchev–Trinajstić information content (AvgIpc) is 2.37. The highest BCUT2D eigenvalue weighted by Gasteiger charge is 2.29. The molecule has 6 nitrogen and oxygen atoms in total. The Bertz CT molecular complexity index is 308. The Balaban J connectivity index is 2.58. The molecule has 0 aromatic heterocycles. The summed E-state index contributed by atoms with van der Waals surface area (Å²) in [7, 11) is 1.60. The number of urea groups is 1. The summed E-state index contributed by atoms with van der Waals surface area (Å²) >= 11 is 0. The molecule has 0 saturated carbocycles. The van der Waals surface area contributed by atoms with Crippen LogP contribution in [0.2, 0.25) is 0 Å². The van der Waals surface area contributed by atoms with Crippen molar-refractivity contribution >= 4 is 12.0 Å². The fourth-order valence-electron chi connectivity index (χ4n) is 2.23. The minimum absolute atomic E-state index is 0.0337. The Morgan fingerprint density at radius 3 is 2.67 bits per heavy atom. The molecule has 2 atom stereocenters. The summed E-state index contributed by atoms with van der Waals surface area (Å²) in [4.78, 5) is 26.0. The highest BCUT2D eigenvalue weighted by atomic mass is 16.4. The first-order valence-electron chi connectivity index (χ1n) is 6.32. The zero-order valence-corrected chi connectivity index (χ0v) is 11.0. The highest BCUT2D eigenvalue weighted by Crippen LogP contribution is 2.18. The van der Waals surface area contributed by atoms with Crippen LogP contribution < -0.4 is 0 Å². The van der Waals surface area contributed by atoms with E-state index in [1.807, 2.05) is 0 Å². The van der Waals surface area contributed by atoms with Gasteiger partial charge in [0.25, 0.3) is 0 Å². The van der Waals surface area contributed by atoms with Crippen LogP contribution in [0.4, 0.5) is 4.79 Å². The van der Waals surface area contributed by atoms with Gasteiger partial charge in [0, 0.05) is 20.1 Å². The number of carboxylic acid groups (broad SMARTS) is 1. The maximum Gasteiger partial charge on any atom is 0.320 e. The monoisotopic (exact) mass is 258 g/mol. The van der Waals surface area contributed by atoms with Gasteiger partial charge >= 0.3 is 12.0 Å². The third-order valence-corrected chi connectivity index (χ3v) is 3.38. The Hall–Kier alpha value is -1.30. The molecule has 2 N–H and O–H groups in total. The van der Waals surface area contributed by atoms with Crippen molar-refractivity contribution in [3.63, 3.8) is 0 Å². The van der Waals surface area contributed by atoms with Gasteiger partial charge in [-0.15, -0.1) is 0 Å². The van der Waals surface area contributed by atoms with Crippen molar-refractivity contribution in [3.8, 4) is 0 Å². The van der Waals surface area contributed by atoms with Crippen LogP contribution in [0, 0.1) is 5.92 Å². The van der Waals surface area contributed by atoms with Crippen LogP contribution in [0.25, 0.3) is 0 Å². The Morgan fingerprint density at radius 1 is 1.44 bits per heavy atom. The fourth-order valence-corrected chi connectivity index (χ4v) is 2.23.